The molecule has 0 saturated carbocycles. The lowest BCUT2D eigenvalue weighted by Crippen LogP contribution is -2.23. The van der Waals surface area contributed by atoms with Gasteiger partial charge >= 0.3 is 0 Å². The first-order chi connectivity index (χ1) is 12.0. The van der Waals surface area contributed by atoms with Crippen LogP contribution in [0.3, 0.4) is 0 Å². The van der Waals surface area contributed by atoms with E-state index in [1.165, 1.54) is 5.69 Å². The third kappa shape index (κ3) is 4.52. The van der Waals surface area contributed by atoms with Crippen LogP contribution in [0.1, 0.15) is 32.4 Å². The van der Waals surface area contributed by atoms with Gasteiger partial charge in [-0.2, -0.15) is 0 Å². The summed E-state index contributed by atoms with van der Waals surface area (Å²) in [5.41, 5.74) is 4.06. The van der Waals surface area contributed by atoms with Crippen LogP contribution < -0.4 is 5.32 Å². The molecule has 130 valence electrons. The predicted octanol–water partition coefficient (Wildman–Crippen LogP) is 4.32. The number of carbonyl (C=O) groups excluding carboxylic acids is 1. The smallest absolute Gasteiger partial charge is 0.251 e. The molecule has 0 spiro atoms. The van der Waals surface area contributed by atoms with Crippen LogP contribution in [0.2, 0.25) is 0 Å². The molecule has 3 rings (SSSR count). The van der Waals surface area contributed by atoms with Gasteiger partial charge in [0.15, 0.2) is 0 Å². The summed E-state index contributed by atoms with van der Waals surface area (Å²) in [5.74, 6) is 0.799. The molecule has 0 bridgehead atoms. The highest BCUT2D eigenvalue weighted by molar-refractivity contribution is 7.98. The predicted molar refractivity (Wildman–Crippen MR) is 104 cm³/mol. The summed E-state index contributed by atoms with van der Waals surface area (Å²) in [4.78, 5) is 17.9. The van der Waals surface area contributed by atoms with E-state index in [0.29, 0.717) is 12.1 Å². The minimum Gasteiger partial charge on any atom is -0.350 e. The number of hydrogen-bond acceptors (Lipinski definition) is 4. The SMILES string of the molecule is Cc1nc(CSc2ccc(C(=O)NCc3ccc(C)n3C)cc2)cs1. The van der Waals surface area contributed by atoms with Gasteiger partial charge in [0.2, 0.25) is 0 Å². The van der Waals surface area contributed by atoms with Crippen LogP contribution in [0.4, 0.5) is 0 Å². The molecule has 2 aromatic heterocycles. The normalized spacial score (nSPS) is 10.8. The van der Waals surface area contributed by atoms with Crippen molar-refractivity contribution < 1.29 is 4.79 Å². The number of hydrogen-bond donors (Lipinski definition) is 1. The van der Waals surface area contributed by atoms with E-state index in [1.807, 2.05) is 44.3 Å². The molecule has 1 amide bonds. The molecule has 0 unspecified atom stereocenters. The molecule has 0 aliphatic carbocycles. The summed E-state index contributed by atoms with van der Waals surface area (Å²) in [6.45, 7) is 4.60. The van der Waals surface area contributed by atoms with Crippen molar-refractivity contribution in [1.82, 2.24) is 14.9 Å². The van der Waals surface area contributed by atoms with E-state index >= 15 is 0 Å². The average molecular weight is 372 g/mol. The fraction of sp³-hybridized carbons (Fsp3) is 0.263. The van der Waals surface area contributed by atoms with Gasteiger partial charge < -0.3 is 9.88 Å². The molecule has 3 aromatic rings. The van der Waals surface area contributed by atoms with E-state index in [1.54, 1.807) is 23.1 Å². The first-order valence-corrected chi connectivity index (χ1v) is 9.93. The maximum absolute atomic E-state index is 12.3. The molecule has 1 aromatic carbocycles. The van der Waals surface area contributed by atoms with E-state index in [9.17, 15) is 4.79 Å². The molecular formula is C19H21N3OS2. The van der Waals surface area contributed by atoms with Crippen molar-refractivity contribution in [1.29, 1.82) is 0 Å². The Morgan fingerprint density at radius 3 is 2.56 bits per heavy atom. The lowest BCUT2D eigenvalue weighted by atomic mass is 10.2. The third-order valence-corrected chi connectivity index (χ3v) is 5.94. The molecule has 25 heavy (non-hydrogen) atoms. The van der Waals surface area contributed by atoms with Crippen molar-refractivity contribution in [2.45, 2.75) is 31.0 Å². The lowest BCUT2D eigenvalue weighted by Gasteiger charge is -2.08. The third-order valence-electron chi connectivity index (χ3n) is 4.08. The largest absolute Gasteiger partial charge is 0.350 e. The van der Waals surface area contributed by atoms with Crippen molar-refractivity contribution in [2.24, 2.45) is 7.05 Å². The van der Waals surface area contributed by atoms with Gasteiger partial charge in [0, 0.05) is 40.0 Å². The summed E-state index contributed by atoms with van der Waals surface area (Å²) < 4.78 is 2.08. The van der Waals surface area contributed by atoms with Gasteiger partial charge in [-0.1, -0.05) is 0 Å². The first-order valence-electron chi connectivity index (χ1n) is 8.06. The van der Waals surface area contributed by atoms with Crippen LogP contribution >= 0.6 is 23.1 Å². The van der Waals surface area contributed by atoms with Crippen molar-refractivity contribution in [3.8, 4) is 0 Å². The molecule has 0 aliphatic rings. The Bertz CT molecular complexity index is 865. The summed E-state index contributed by atoms with van der Waals surface area (Å²) in [5, 5.41) is 6.16. The highest BCUT2D eigenvalue weighted by Crippen LogP contribution is 2.23. The number of amides is 1. The minimum absolute atomic E-state index is 0.0504. The van der Waals surface area contributed by atoms with Crippen molar-refractivity contribution in [2.75, 3.05) is 0 Å². The molecule has 0 fully saturated rings. The standard InChI is InChI=1S/C19H21N3OS2/c1-13-4-7-17(22(13)3)10-20-19(23)15-5-8-18(9-6-15)25-12-16-11-24-14(2)21-16/h4-9,11H,10,12H2,1-3H3,(H,20,23). The Hall–Kier alpha value is -2.05. The monoisotopic (exact) mass is 371 g/mol. The summed E-state index contributed by atoms with van der Waals surface area (Å²) in [7, 11) is 2.01. The number of rotatable bonds is 6. The fourth-order valence-corrected chi connectivity index (χ4v) is 3.96. The number of aromatic nitrogens is 2. The molecule has 1 N–H and O–H groups in total. The number of carbonyl (C=O) groups is 1. The molecule has 2 heterocycles. The molecule has 0 radical (unpaired) electrons. The van der Waals surface area contributed by atoms with Gasteiger partial charge in [0.05, 0.1) is 17.2 Å². The van der Waals surface area contributed by atoms with Gasteiger partial charge in [-0.3, -0.25) is 4.79 Å². The number of aryl methyl sites for hydroxylation is 2. The van der Waals surface area contributed by atoms with E-state index < -0.39 is 0 Å². The maximum atomic E-state index is 12.3. The number of benzene rings is 1. The van der Waals surface area contributed by atoms with Crippen LogP contribution in [0, 0.1) is 13.8 Å². The molecule has 0 atom stereocenters. The Morgan fingerprint density at radius 2 is 1.96 bits per heavy atom. The van der Waals surface area contributed by atoms with Crippen molar-refractivity contribution in [3.05, 3.63) is 69.4 Å². The second-order valence-electron chi connectivity index (χ2n) is 5.88. The zero-order valence-electron chi connectivity index (χ0n) is 14.6. The van der Waals surface area contributed by atoms with E-state index in [4.69, 9.17) is 0 Å². The lowest BCUT2D eigenvalue weighted by molar-refractivity contribution is 0.0950. The Morgan fingerprint density at radius 1 is 1.20 bits per heavy atom. The second kappa shape index (κ2) is 7.89. The van der Waals surface area contributed by atoms with E-state index in [0.717, 1.165) is 27.0 Å². The summed E-state index contributed by atoms with van der Waals surface area (Å²) in [6, 6.07) is 11.8. The number of nitrogens with one attached hydrogen (secondary N) is 1. The van der Waals surface area contributed by atoms with Gasteiger partial charge in [0.1, 0.15) is 0 Å². The topological polar surface area (TPSA) is 46.9 Å². The molecule has 4 nitrogen and oxygen atoms in total. The van der Waals surface area contributed by atoms with Gasteiger partial charge in [0.25, 0.3) is 5.91 Å². The van der Waals surface area contributed by atoms with Crippen LogP contribution in [0.5, 0.6) is 0 Å². The average Bonchev–Trinajstić information content (AvgIpc) is 3.18. The Balaban J connectivity index is 1.54. The maximum Gasteiger partial charge on any atom is 0.251 e. The highest BCUT2D eigenvalue weighted by Gasteiger charge is 2.08. The van der Waals surface area contributed by atoms with Crippen LogP contribution in [0.15, 0.2) is 46.7 Å². The zero-order chi connectivity index (χ0) is 17.8. The zero-order valence-corrected chi connectivity index (χ0v) is 16.2. The van der Waals surface area contributed by atoms with E-state index in [2.05, 4.69) is 33.2 Å². The van der Waals surface area contributed by atoms with Crippen molar-refractivity contribution in [3.63, 3.8) is 0 Å². The minimum atomic E-state index is -0.0504. The quantitative estimate of drug-likeness (QED) is 0.657. The number of thioether (sulfide) groups is 1. The highest BCUT2D eigenvalue weighted by atomic mass is 32.2. The molecule has 0 aliphatic heterocycles. The fourth-order valence-electron chi connectivity index (χ4n) is 2.45. The summed E-state index contributed by atoms with van der Waals surface area (Å²) in [6.07, 6.45) is 0. The van der Waals surface area contributed by atoms with Gasteiger partial charge in [-0.05, 0) is 50.2 Å². The van der Waals surface area contributed by atoms with Crippen LogP contribution in [0.25, 0.3) is 0 Å². The number of nitrogens with zero attached hydrogens (tertiary/aromatic N) is 2. The molecule has 6 heteroatoms. The number of thiazole rings is 1. The molecular weight excluding hydrogens is 350 g/mol. The van der Waals surface area contributed by atoms with Gasteiger partial charge in [-0.15, -0.1) is 23.1 Å². The van der Waals surface area contributed by atoms with Crippen LogP contribution in [-0.4, -0.2) is 15.5 Å². The Kier molecular flexibility index (Phi) is 5.60. The van der Waals surface area contributed by atoms with Crippen LogP contribution in [-0.2, 0) is 19.3 Å². The first kappa shape index (κ1) is 17.8. The van der Waals surface area contributed by atoms with E-state index in [-0.39, 0.29) is 5.91 Å². The molecule has 0 saturated heterocycles. The summed E-state index contributed by atoms with van der Waals surface area (Å²) >= 11 is 3.40. The van der Waals surface area contributed by atoms with Crippen molar-refractivity contribution >= 4 is 29.0 Å². The van der Waals surface area contributed by atoms with Gasteiger partial charge in [-0.25, -0.2) is 4.98 Å². The second-order valence-corrected chi connectivity index (χ2v) is 7.99. The Labute approximate surface area is 156 Å².